The first-order valence-corrected chi connectivity index (χ1v) is 10.5. The molecule has 1 aromatic carbocycles. The van der Waals surface area contributed by atoms with Gasteiger partial charge in [0.05, 0.1) is 22.6 Å². The lowest BCUT2D eigenvalue weighted by Gasteiger charge is -2.21. The minimum absolute atomic E-state index is 0.0195. The van der Waals surface area contributed by atoms with Crippen LogP contribution < -0.4 is 9.64 Å². The van der Waals surface area contributed by atoms with Crippen LogP contribution in [0.3, 0.4) is 0 Å². The van der Waals surface area contributed by atoms with Crippen molar-refractivity contribution < 1.29 is 9.53 Å². The van der Waals surface area contributed by atoms with E-state index in [1.807, 2.05) is 45.3 Å². The summed E-state index contributed by atoms with van der Waals surface area (Å²) < 4.78 is 7.19. The van der Waals surface area contributed by atoms with Gasteiger partial charge >= 0.3 is 0 Å². The van der Waals surface area contributed by atoms with Gasteiger partial charge in [-0.3, -0.25) is 9.69 Å². The highest BCUT2D eigenvalue weighted by molar-refractivity contribution is 7.22. The Morgan fingerprint density at radius 3 is 2.59 bits per heavy atom. The molecule has 27 heavy (non-hydrogen) atoms. The summed E-state index contributed by atoms with van der Waals surface area (Å²) in [5.74, 6) is 0.745. The smallest absolute Gasteiger partial charge is 0.234 e. The van der Waals surface area contributed by atoms with E-state index < -0.39 is 0 Å². The number of hydrogen-bond acceptors (Lipinski definition) is 6. The highest BCUT2D eigenvalue weighted by Crippen LogP contribution is 2.36. The second-order valence-electron chi connectivity index (χ2n) is 6.49. The van der Waals surface area contributed by atoms with Crippen molar-refractivity contribution in [2.24, 2.45) is 0 Å². The summed E-state index contributed by atoms with van der Waals surface area (Å²) in [5, 5.41) is 0.701. The first kappa shape index (κ1) is 20.1. The van der Waals surface area contributed by atoms with Crippen molar-refractivity contribution in [1.82, 2.24) is 9.88 Å². The third-order valence-electron chi connectivity index (χ3n) is 4.17. The lowest BCUT2D eigenvalue weighted by atomic mass is 10.2. The number of rotatable bonds is 7. The largest absolute Gasteiger partial charge is 0.494 e. The van der Waals surface area contributed by atoms with Crippen LogP contribution in [0.2, 0.25) is 4.34 Å². The van der Waals surface area contributed by atoms with Gasteiger partial charge in [0.1, 0.15) is 11.3 Å². The number of aromatic nitrogens is 1. The minimum Gasteiger partial charge on any atom is -0.494 e. The minimum atomic E-state index is 0.0195. The Hall–Kier alpha value is -1.67. The van der Waals surface area contributed by atoms with Crippen LogP contribution >= 0.6 is 34.3 Å². The van der Waals surface area contributed by atoms with Gasteiger partial charge < -0.3 is 9.64 Å². The zero-order valence-electron chi connectivity index (χ0n) is 15.8. The van der Waals surface area contributed by atoms with Gasteiger partial charge in [-0.15, -0.1) is 11.3 Å². The predicted molar refractivity (Wildman–Crippen MR) is 115 cm³/mol. The van der Waals surface area contributed by atoms with Crippen LogP contribution in [0.4, 0.5) is 5.13 Å². The van der Waals surface area contributed by atoms with Gasteiger partial charge in [-0.25, -0.2) is 4.98 Å². The zero-order chi connectivity index (χ0) is 19.6. The van der Waals surface area contributed by atoms with Gasteiger partial charge in [0.15, 0.2) is 5.13 Å². The van der Waals surface area contributed by atoms with E-state index in [4.69, 9.17) is 21.3 Å². The van der Waals surface area contributed by atoms with Crippen LogP contribution in [0.1, 0.15) is 10.4 Å². The van der Waals surface area contributed by atoms with E-state index in [0.717, 1.165) is 33.0 Å². The monoisotopic (exact) mass is 423 g/mol. The lowest BCUT2D eigenvalue weighted by Crippen LogP contribution is -2.37. The number of anilines is 1. The highest BCUT2D eigenvalue weighted by Gasteiger charge is 2.22. The average Bonchev–Trinajstić information content (AvgIpc) is 3.22. The number of amides is 1. The summed E-state index contributed by atoms with van der Waals surface area (Å²) in [6.07, 6.45) is 0.316. The van der Waals surface area contributed by atoms with Gasteiger partial charge in [0.25, 0.3) is 0 Å². The van der Waals surface area contributed by atoms with E-state index >= 15 is 0 Å². The summed E-state index contributed by atoms with van der Waals surface area (Å²) in [7, 11) is 5.62. The third kappa shape index (κ3) is 4.60. The van der Waals surface area contributed by atoms with Crippen molar-refractivity contribution in [1.29, 1.82) is 0 Å². The normalized spacial score (nSPS) is 11.3. The highest BCUT2D eigenvalue weighted by atomic mass is 35.5. The maximum absolute atomic E-state index is 13.1. The fraction of sp³-hybridized carbons (Fsp3) is 0.368. The van der Waals surface area contributed by atoms with Crippen LogP contribution in [0, 0.1) is 6.92 Å². The number of benzene rings is 1. The summed E-state index contributed by atoms with van der Waals surface area (Å²) in [6, 6.07) is 7.66. The molecule has 0 N–H and O–H groups in total. The van der Waals surface area contributed by atoms with Crippen molar-refractivity contribution in [2.75, 3.05) is 39.2 Å². The maximum atomic E-state index is 13.1. The molecule has 8 heteroatoms. The molecular weight excluding hydrogens is 402 g/mol. The Labute approximate surface area is 172 Å². The molecule has 0 spiro atoms. The number of thiophene rings is 1. The van der Waals surface area contributed by atoms with Crippen molar-refractivity contribution in [3.05, 3.63) is 39.0 Å². The molecular formula is C19H22ClN3O2S2. The molecule has 0 saturated carbocycles. The summed E-state index contributed by atoms with van der Waals surface area (Å²) in [5.41, 5.74) is 1.93. The standard InChI is InChI=1S/C19H22ClN3O2S2/c1-12-5-7-14(25-4)17-18(12)27-19(21-17)23(10-9-22(2)3)16(24)11-13-6-8-15(20)26-13/h5-8H,9-11H2,1-4H3. The van der Waals surface area contributed by atoms with Gasteiger partial charge in [0, 0.05) is 18.0 Å². The average molecular weight is 424 g/mol. The first-order chi connectivity index (χ1) is 12.9. The fourth-order valence-corrected chi connectivity index (χ4v) is 4.87. The molecule has 0 aliphatic heterocycles. The molecule has 0 bridgehead atoms. The molecule has 3 aromatic rings. The topological polar surface area (TPSA) is 45.7 Å². The number of aryl methyl sites for hydroxylation is 1. The number of methoxy groups -OCH3 is 1. The number of hydrogen-bond donors (Lipinski definition) is 0. The van der Waals surface area contributed by atoms with Crippen LogP contribution in [0.15, 0.2) is 24.3 Å². The van der Waals surface area contributed by atoms with Crippen molar-refractivity contribution in [3.8, 4) is 5.75 Å². The molecule has 3 rings (SSSR count). The summed E-state index contributed by atoms with van der Waals surface area (Å²) >= 11 is 8.98. The number of thiazole rings is 1. The van der Waals surface area contributed by atoms with E-state index in [1.54, 1.807) is 12.0 Å². The number of ether oxygens (including phenoxy) is 1. The number of halogens is 1. The lowest BCUT2D eigenvalue weighted by molar-refractivity contribution is -0.118. The van der Waals surface area contributed by atoms with Crippen LogP contribution in [-0.2, 0) is 11.2 Å². The quantitative estimate of drug-likeness (QED) is 0.562. The second kappa shape index (κ2) is 8.56. The Morgan fingerprint density at radius 1 is 1.19 bits per heavy atom. The number of likely N-dealkylation sites (N-methyl/N-ethyl adjacent to an activating group) is 1. The molecule has 0 fully saturated rings. The van der Waals surface area contributed by atoms with Crippen molar-refractivity contribution in [3.63, 3.8) is 0 Å². The molecule has 144 valence electrons. The molecule has 0 aliphatic carbocycles. The van der Waals surface area contributed by atoms with E-state index in [9.17, 15) is 4.79 Å². The van der Waals surface area contributed by atoms with Gasteiger partial charge in [-0.1, -0.05) is 29.0 Å². The number of carbonyl (C=O) groups is 1. The molecule has 0 atom stereocenters. The SMILES string of the molecule is COc1ccc(C)c2sc(N(CCN(C)C)C(=O)Cc3ccc(Cl)s3)nc12. The molecule has 0 unspecified atom stereocenters. The number of nitrogens with zero attached hydrogens (tertiary/aromatic N) is 3. The van der Waals surface area contributed by atoms with Crippen molar-refractivity contribution in [2.45, 2.75) is 13.3 Å². The van der Waals surface area contributed by atoms with Crippen molar-refractivity contribution >= 4 is 55.5 Å². The fourth-order valence-electron chi connectivity index (χ4n) is 2.70. The van der Waals surface area contributed by atoms with Crippen LogP contribution in [0.5, 0.6) is 5.75 Å². The predicted octanol–water partition coefficient (Wildman–Crippen LogP) is 4.47. The molecule has 1 amide bonds. The Morgan fingerprint density at radius 2 is 1.96 bits per heavy atom. The van der Waals surface area contributed by atoms with Gasteiger partial charge in [0.2, 0.25) is 5.91 Å². The summed E-state index contributed by atoms with van der Waals surface area (Å²) in [6.45, 7) is 3.37. The molecule has 5 nitrogen and oxygen atoms in total. The Balaban J connectivity index is 1.95. The van der Waals surface area contributed by atoms with Gasteiger partial charge in [-0.05, 0) is 44.8 Å². The molecule has 0 radical (unpaired) electrons. The number of fused-ring (bicyclic) bond motifs is 1. The number of carbonyl (C=O) groups excluding carboxylic acids is 1. The molecule has 2 aromatic heterocycles. The zero-order valence-corrected chi connectivity index (χ0v) is 18.2. The molecule has 0 aliphatic rings. The third-order valence-corrected chi connectivity index (χ3v) is 6.61. The Bertz CT molecular complexity index is 952. The van der Waals surface area contributed by atoms with Crippen LogP contribution in [0.25, 0.3) is 10.2 Å². The second-order valence-corrected chi connectivity index (χ2v) is 9.27. The van der Waals surface area contributed by atoms with E-state index in [0.29, 0.717) is 22.4 Å². The van der Waals surface area contributed by atoms with Gasteiger partial charge in [-0.2, -0.15) is 0 Å². The molecule has 0 saturated heterocycles. The van der Waals surface area contributed by atoms with E-state index in [-0.39, 0.29) is 5.91 Å². The first-order valence-electron chi connectivity index (χ1n) is 8.52. The van der Waals surface area contributed by atoms with E-state index in [1.165, 1.54) is 22.7 Å². The Kier molecular flexibility index (Phi) is 6.37. The summed E-state index contributed by atoms with van der Waals surface area (Å²) in [4.78, 5) is 22.6. The van der Waals surface area contributed by atoms with Crippen LogP contribution in [-0.4, -0.2) is 50.1 Å². The van der Waals surface area contributed by atoms with E-state index in [2.05, 4.69) is 4.90 Å². The molecule has 2 heterocycles. The maximum Gasteiger partial charge on any atom is 0.234 e.